The van der Waals surface area contributed by atoms with Gasteiger partial charge in [0.05, 0.1) is 15.3 Å². The molecule has 11 heteroatoms. The number of Topliss-reactive ketones (excluding diaryl/α,β-unsaturated/α-hetero) is 1. The Labute approximate surface area is 222 Å². The van der Waals surface area contributed by atoms with Gasteiger partial charge < -0.3 is 26.8 Å². The molecular formula is C26H30N4O5S2. The Hall–Kier alpha value is -3.28. The monoisotopic (exact) mass is 542 g/mol. The minimum absolute atomic E-state index is 0.0493. The molecule has 0 spiro atoms. The lowest BCUT2D eigenvalue weighted by molar-refractivity contribution is -0.136. The van der Waals surface area contributed by atoms with Gasteiger partial charge in [-0.3, -0.25) is 19.2 Å². The first-order valence-corrected chi connectivity index (χ1v) is 13.9. The van der Waals surface area contributed by atoms with Crippen molar-refractivity contribution in [1.29, 1.82) is 0 Å². The summed E-state index contributed by atoms with van der Waals surface area (Å²) < 4.78 is 1.18. The topological polar surface area (TPSA) is 151 Å². The molecule has 9 nitrogen and oxygen atoms in total. The van der Waals surface area contributed by atoms with Gasteiger partial charge in [-0.05, 0) is 69.0 Å². The lowest BCUT2D eigenvalue weighted by Crippen LogP contribution is -2.37. The van der Waals surface area contributed by atoms with E-state index in [4.69, 9.17) is 10.8 Å². The highest BCUT2D eigenvalue weighted by molar-refractivity contribution is 7.39. The van der Waals surface area contributed by atoms with Gasteiger partial charge in [0.1, 0.15) is 0 Å². The lowest BCUT2D eigenvalue weighted by Gasteiger charge is -2.22. The Kier molecular flexibility index (Phi) is 8.91. The molecule has 0 saturated carbocycles. The molecular weight excluding hydrogens is 512 g/mol. The predicted octanol–water partition coefficient (Wildman–Crippen LogP) is 3.25. The highest BCUT2D eigenvalue weighted by Gasteiger charge is 2.33. The van der Waals surface area contributed by atoms with E-state index in [1.807, 2.05) is 6.07 Å². The largest absolute Gasteiger partial charge is 0.481 e. The molecule has 2 aliphatic rings. The van der Waals surface area contributed by atoms with Crippen LogP contribution < -0.4 is 21.7 Å². The third kappa shape index (κ3) is 6.94. The number of carbonyl (C=O) groups is 4. The van der Waals surface area contributed by atoms with Crippen molar-refractivity contribution in [2.45, 2.75) is 38.1 Å². The fraction of sp³-hybridized carbons (Fsp3) is 0.385. The molecule has 1 unspecified atom stereocenters. The fourth-order valence-electron chi connectivity index (χ4n) is 4.41. The number of primary amides is 1. The molecule has 37 heavy (non-hydrogen) atoms. The maximum Gasteiger partial charge on any atom is 0.305 e. The molecule has 2 amide bonds. The number of ketones is 1. The number of aliphatic carboxylic acids is 1. The number of piperidine rings is 1. The van der Waals surface area contributed by atoms with Crippen molar-refractivity contribution in [3.63, 3.8) is 0 Å². The van der Waals surface area contributed by atoms with Crippen LogP contribution in [0.5, 0.6) is 0 Å². The van der Waals surface area contributed by atoms with Crippen LogP contribution in [0.25, 0.3) is 9.40 Å². The van der Waals surface area contributed by atoms with Crippen LogP contribution in [0.4, 0.5) is 5.69 Å². The number of benzene rings is 1. The van der Waals surface area contributed by atoms with Gasteiger partial charge in [0.25, 0.3) is 5.91 Å². The van der Waals surface area contributed by atoms with Crippen LogP contribution in [-0.4, -0.2) is 54.3 Å². The van der Waals surface area contributed by atoms with Crippen LogP contribution >= 0.6 is 22.7 Å². The van der Waals surface area contributed by atoms with Crippen molar-refractivity contribution >= 4 is 61.3 Å². The van der Waals surface area contributed by atoms with E-state index in [1.165, 1.54) is 39.5 Å². The quantitative estimate of drug-likeness (QED) is 0.274. The lowest BCUT2D eigenvalue weighted by atomic mass is 9.93. The SMILES string of the molecule is NC(=O)C1Nc2ccccc2C1=O.O=C(O)CCNC(=O)c1cc2cc(CCC3CCNCC3)sc2s1. The van der Waals surface area contributed by atoms with E-state index < -0.39 is 17.9 Å². The minimum atomic E-state index is -0.902. The second kappa shape index (κ2) is 12.3. The average molecular weight is 543 g/mol. The molecule has 0 bridgehead atoms. The van der Waals surface area contributed by atoms with Gasteiger partial charge in [-0.15, -0.1) is 22.7 Å². The standard InChI is InChI=1S/C17H22N2O3S2.C9H8N2O2/c20-15(21)5-8-19-16(22)14-10-12-9-13(23-17(12)24-14)2-1-11-3-6-18-7-4-11;10-9(13)7-8(12)5-3-1-2-4-6(5)11-7/h9-11,18H,1-8H2,(H,19,22)(H,20,21);1-4,7,11H,(H2,10,13). The van der Waals surface area contributed by atoms with Gasteiger partial charge in [0, 0.05) is 28.1 Å². The summed E-state index contributed by atoms with van der Waals surface area (Å²) >= 11 is 3.28. The first kappa shape index (κ1) is 26.8. The number of carboxylic acid groups (broad SMARTS) is 1. The Morgan fingerprint density at radius 2 is 1.86 bits per heavy atom. The van der Waals surface area contributed by atoms with E-state index in [0.717, 1.165) is 30.8 Å². The molecule has 0 aliphatic carbocycles. The zero-order valence-corrected chi connectivity index (χ0v) is 21.9. The van der Waals surface area contributed by atoms with Gasteiger partial charge in [0.15, 0.2) is 11.8 Å². The smallest absolute Gasteiger partial charge is 0.305 e. The van der Waals surface area contributed by atoms with E-state index >= 15 is 0 Å². The molecule has 4 heterocycles. The minimum Gasteiger partial charge on any atom is -0.481 e. The Balaban J connectivity index is 0.000000207. The molecule has 1 saturated heterocycles. The van der Waals surface area contributed by atoms with Crippen LogP contribution in [0.15, 0.2) is 36.4 Å². The maximum atomic E-state index is 12.0. The second-order valence-corrected chi connectivity index (χ2v) is 11.5. The summed E-state index contributed by atoms with van der Waals surface area (Å²) in [5.74, 6) is -1.13. The van der Waals surface area contributed by atoms with Crippen LogP contribution in [0.3, 0.4) is 0 Å². The van der Waals surface area contributed by atoms with Crippen molar-refractivity contribution in [2.75, 3.05) is 25.0 Å². The molecule has 3 aromatic rings. The van der Waals surface area contributed by atoms with E-state index in [9.17, 15) is 19.2 Å². The molecule has 1 fully saturated rings. The van der Waals surface area contributed by atoms with Gasteiger partial charge >= 0.3 is 5.97 Å². The number of hydrogen-bond acceptors (Lipinski definition) is 8. The van der Waals surface area contributed by atoms with Gasteiger partial charge in [-0.25, -0.2) is 0 Å². The molecule has 1 aromatic carbocycles. The zero-order valence-electron chi connectivity index (χ0n) is 20.2. The van der Waals surface area contributed by atoms with E-state index in [-0.39, 0.29) is 24.7 Å². The van der Waals surface area contributed by atoms with Crippen LogP contribution in [0.2, 0.25) is 0 Å². The zero-order chi connectivity index (χ0) is 26.4. The number of hydrogen-bond donors (Lipinski definition) is 5. The van der Waals surface area contributed by atoms with Gasteiger partial charge in [-0.1, -0.05) is 12.1 Å². The summed E-state index contributed by atoms with van der Waals surface area (Å²) in [4.78, 5) is 46.8. The Bertz CT molecular complexity index is 1260. The molecule has 5 rings (SSSR count). The average Bonchev–Trinajstić information content (AvgIpc) is 3.55. The molecule has 2 aliphatic heterocycles. The number of carboxylic acids is 1. The third-order valence-corrected chi connectivity index (χ3v) is 8.86. The Morgan fingerprint density at radius 3 is 2.54 bits per heavy atom. The van der Waals surface area contributed by atoms with Crippen molar-refractivity contribution in [1.82, 2.24) is 10.6 Å². The second-order valence-electron chi connectivity index (χ2n) is 9.09. The van der Waals surface area contributed by atoms with E-state index in [0.29, 0.717) is 16.1 Å². The third-order valence-electron chi connectivity index (χ3n) is 6.41. The normalized spacial score (nSPS) is 17.0. The molecule has 196 valence electrons. The van der Waals surface area contributed by atoms with Gasteiger partial charge in [0.2, 0.25) is 5.91 Å². The number of carbonyl (C=O) groups excluding carboxylic acids is 3. The number of nitrogens with two attached hydrogens (primary N) is 1. The van der Waals surface area contributed by atoms with E-state index in [1.54, 1.807) is 35.6 Å². The number of para-hydroxylation sites is 1. The van der Waals surface area contributed by atoms with Crippen LogP contribution in [0, 0.1) is 5.92 Å². The summed E-state index contributed by atoms with van der Waals surface area (Å²) in [5, 5.41) is 18.6. The number of aryl methyl sites for hydroxylation is 1. The number of amides is 2. The molecule has 0 radical (unpaired) electrons. The van der Waals surface area contributed by atoms with Crippen molar-refractivity contribution in [2.24, 2.45) is 11.7 Å². The van der Waals surface area contributed by atoms with Crippen LogP contribution in [-0.2, 0) is 16.0 Å². The van der Waals surface area contributed by atoms with Crippen molar-refractivity contribution in [3.05, 3.63) is 51.7 Å². The number of thiophene rings is 2. The first-order valence-electron chi connectivity index (χ1n) is 12.2. The maximum absolute atomic E-state index is 12.0. The summed E-state index contributed by atoms with van der Waals surface area (Å²) in [6.07, 6.45) is 4.88. The highest BCUT2D eigenvalue weighted by atomic mass is 32.2. The predicted molar refractivity (Wildman–Crippen MR) is 146 cm³/mol. The number of anilines is 1. The highest BCUT2D eigenvalue weighted by Crippen LogP contribution is 2.35. The molecule has 6 N–H and O–H groups in total. The summed E-state index contributed by atoms with van der Waals surface area (Å²) in [6, 6.07) is 10.2. The molecule has 2 aromatic heterocycles. The van der Waals surface area contributed by atoms with Crippen LogP contribution in [0.1, 0.15) is 50.6 Å². The van der Waals surface area contributed by atoms with Crippen molar-refractivity contribution < 1.29 is 24.3 Å². The number of fused-ring (bicyclic) bond motifs is 2. The fourth-order valence-corrected chi connectivity index (χ4v) is 6.84. The first-order chi connectivity index (χ1) is 17.8. The summed E-state index contributed by atoms with van der Waals surface area (Å²) in [7, 11) is 0. The van der Waals surface area contributed by atoms with Crippen molar-refractivity contribution in [3.8, 4) is 0 Å². The van der Waals surface area contributed by atoms with E-state index in [2.05, 4.69) is 22.0 Å². The number of rotatable bonds is 8. The molecule has 1 atom stereocenters. The number of nitrogens with one attached hydrogen (secondary N) is 3. The summed E-state index contributed by atoms with van der Waals surface area (Å²) in [5.41, 5.74) is 6.26. The summed E-state index contributed by atoms with van der Waals surface area (Å²) in [6.45, 7) is 2.45. The van der Waals surface area contributed by atoms with Gasteiger partial charge in [-0.2, -0.15) is 0 Å². The Morgan fingerprint density at radius 1 is 1.11 bits per heavy atom.